The molecule has 0 N–H and O–H groups in total. The van der Waals surface area contributed by atoms with Crippen LogP contribution < -0.4 is 24.9 Å². The summed E-state index contributed by atoms with van der Waals surface area (Å²) in [5.41, 5.74) is 0. The largest absolute Gasteiger partial charge is 0 e. The van der Waals surface area contributed by atoms with Crippen LogP contribution in [0.5, 0.6) is 0 Å². The van der Waals surface area contributed by atoms with E-state index in [1.54, 1.807) is 0 Å². The van der Waals surface area contributed by atoms with Crippen molar-refractivity contribution < 1.29 is 169 Å². The SMILES string of the molecule is [O]=[Cr](=[O])([O-])[O-].[O]=[Cr](=[O])([O-])[O-].[O]=[Cr](=[O])([O-])[O-].[Pm].[Pm]. The van der Waals surface area contributed by atoms with Gasteiger partial charge in [-0.15, -0.1) is 0 Å². The Morgan fingerprint density at radius 1 is 0.412 bits per heavy atom. The normalized spacial score (nSPS) is 10.2. The molecular weight excluding hydrogens is 638 g/mol. The number of hydrogen-bond acceptors (Lipinski definition) is 12. The summed E-state index contributed by atoms with van der Waals surface area (Å²) in [5, 5.41) is 0. The van der Waals surface area contributed by atoms with E-state index in [0.717, 1.165) is 0 Å². The van der Waals surface area contributed by atoms with Crippen LogP contribution in [0, 0.1) is 80.8 Å². The summed E-state index contributed by atoms with van der Waals surface area (Å²) in [6, 6.07) is 0. The van der Waals surface area contributed by atoms with Crippen molar-refractivity contribution in [2.45, 2.75) is 0 Å². The van der Waals surface area contributed by atoms with E-state index >= 15 is 0 Å². The van der Waals surface area contributed by atoms with Crippen molar-refractivity contribution in [1.29, 1.82) is 0 Å². The van der Waals surface area contributed by atoms with Crippen molar-refractivity contribution in [1.82, 2.24) is 0 Å². The molecule has 0 aromatic heterocycles. The molecule has 0 atom stereocenters. The number of rotatable bonds is 0. The molecule has 0 amide bonds. The van der Waals surface area contributed by atoms with Gasteiger partial charge in [0.05, 0.1) is 0 Å². The first kappa shape index (κ1) is 32.0. The minimum Gasteiger partial charge on any atom is 0 e. The molecule has 17 heavy (non-hydrogen) atoms. The molecule has 0 aliphatic rings. The molecule has 0 fully saturated rings. The Morgan fingerprint density at radius 3 is 0.412 bits per heavy atom. The predicted molar refractivity (Wildman–Crippen MR) is 4.12 cm³/mol. The summed E-state index contributed by atoms with van der Waals surface area (Å²) < 4.78 is 103. The van der Waals surface area contributed by atoms with Crippen molar-refractivity contribution in [2.75, 3.05) is 0 Å². The van der Waals surface area contributed by atoms with E-state index in [4.69, 9.17) is 47.8 Å². The Labute approximate surface area is 166 Å². The van der Waals surface area contributed by atoms with E-state index < -0.39 is 40.8 Å². The maximum Gasteiger partial charge on any atom is 0 e. The van der Waals surface area contributed by atoms with Crippen molar-refractivity contribution in [3.05, 3.63) is 0 Å². The van der Waals surface area contributed by atoms with Gasteiger partial charge in [0.15, 0.2) is 0 Å². The summed E-state index contributed by atoms with van der Waals surface area (Å²) in [7, 11) is 0. The van der Waals surface area contributed by atoms with Crippen molar-refractivity contribution in [2.24, 2.45) is 0 Å². The molecule has 2 radical (unpaired) electrons. The Hall–Kier alpha value is 2.83. The van der Waals surface area contributed by atoms with Crippen LogP contribution in [0.3, 0.4) is 0 Å². The molecule has 0 heterocycles. The average molecular weight is 638 g/mol. The van der Waals surface area contributed by atoms with Gasteiger partial charge in [0.1, 0.15) is 0 Å². The molecule has 0 bridgehead atoms. The van der Waals surface area contributed by atoms with Gasteiger partial charge in [-0.25, -0.2) is 0 Å². The zero-order valence-corrected chi connectivity index (χ0v) is 16.6. The van der Waals surface area contributed by atoms with Gasteiger partial charge in [0.2, 0.25) is 0 Å². The molecule has 0 spiro atoms. The first-order valence-corrected chi connectivity index (χ1v) is 8.25. The third-order valence-electron chi connectivity index (χ3n) is 0. The number of hydrogen-bond donors (Lipinski definition) is 0. The molecule has 12 nitrogen and oxygen atoms in total. The maximum absolute atomic E-state index is 8.59. The summed E-state index contributed by atoms with van der Waals surface area (Å²) >= 11 is -17.2. The summed E-state index contributed by atoms with van der Waals surface area (Å²) in [6.45, 7) is 0. The van der Waals surface area contributed by atoms with Gasteiger partial charge in [-0.2, -0.15) is 0 Å². The van der Waals surface area contributed by atoms with Gasteiger partial charge >= 0.3 is 88.6 Å². The third-order valence-corrected chi connectivity index (χ3v) is 0. The van der Waals surface area contributed by atoms with Crippen LogP contribution in [0.4, 0.5) is 0 Å². The molecular formula is Cr3O12Pm2-6. The Bertz CT molecular complexity index is 341. The van der Waals surface area contributed by atoms with E-state index in [0.29, 0.717) is 0 Å². The van der Waals surface area contributed by atoms with Crippen LogP contribution in [0.25, 0.3) is 0 Å². The van der Waals surface area contributed by atoms with Crippen LogP contribution in [-0.2, 0) is 63.7 Å². The zero-order valence-electron chi connectivity index (χ0n) is 7.02. The molecule has 0 rings (SSSR count). The van der Waals surface area contributed by atoms with E-state index in [1.807, 2.05) is 0 Å². The van der Waals surface area contributed by atoms with Gasteiger partial charge in [0, 0.05) is 80.8 Å². The van der Waals surface area contributed by atoms with Crippen LogP contribution in [0.1, 0.15) is 0 Å². The van der Waals surface area contributed by atoms with E-state index in [1.165, 1.54) is 0 Å². The molecule has 106 valence electrons. The Balaban J connectivity index is -0.0000000400. The zero-order chi connectivity index (χ0) is 13.5. The topological polar surface area (TPSA) is 241 Å². The predicted octanol–water partition coefficient (Wildman–Crippen LogP) is -7.85. The summed E-state index contributed by atoms with van der Waals surface area (Å²) in [5.74, 6) is 0. The molecule has 0 aromatic carbocycles. The quantitative estimate of drug-likeness (QED) is 0.240. The third kappa shape index (κ3) is 665. The fourth-order valence-electron chi connectivity index (χ4n) is 0. The van der Waals surface area contributed by atoms with E-state index in [9.17, 15) is 0 Å². The fraction of sp³-hybridized carbons (Fsp3) is 0. The van der Waals surface area contributed by atoms with Crippen molar-refractivity contribution in [3.8, 4) is 0 Å². The monoisotopic (exact) mass is 638 g/mol. The Morgan fingerprint density at radius 2 is 0.412 bits per heavy atom. The van der Waals surface area contributed by atoms with Crippen LogP contribution >= 0.6 is 0 Å². The van der Waals surface area contributed by atoms with Gasteiger partial charge in [-0.3, -0.25) is 0 Å². The second-order valence-corrected chi connectivity index (χ2v) is 5.05. The molecule has 0 aliphatic heterocycles. The molecule has 17 heteroatoms. The fourth-order valence-corrected chi connectivity index (χ4v) is 0. The molecule has 0 saturated carbocycles. The van der Waals surface area contributed by atoms with Gasteiger partial charge in [0.25, 0.3) is 0 Å². The first-order chi connectivity index (χ1) is 6.00. The van der Waals surface area contributed by atoms with Crippen LogP contribution in [0.2, 0.25) is 0 Å². The average Bonchev–Trinajstić information content (AvgIpc) is 1.41. The van der Waals surface area contributed by atoms with Crippen LogP contribution in [-0.4, -0.2) is 0 Å². The van der Waals surface area contributed by atoms with E-state index in [2.05, 4.69) is 0 Å². The molecule has 0 aromatic rings. The van der Waals surface area contributed by atoms with E-state index in [-0.39, 0.29) is 80.8 Å². The molecule has 0 unspecified atom stereocenters. The molecule has 0 aliphatic carbocycles. The first-order valence-electron chi connectivity index (χ1n) is 2.00. The van der Waals surface area contributed by atoms with Gasteiger partial charge in [-0.1, -0.05) is 0 Å². The maximum atomic E-state index is 8.59. The van der Waals surface area contributed by atoms with Gasteiger partial charge < -0.3 is 0 Å². The van der Waals surface area contributed by atoms with Crippen LogP contribution in [0.15, 0.2) is 0 Å². The summed E-state index contributed by atoms with van der Waals surface area (Å²) in [4.78, 5) is 0. The van der Waals surface area contributed by atoms with Gasteiger partial charge in [-0.05, 0) is 0 Å². The second kappa shape index (κ2) is 13.8. The van der Waals surface area contributed by atoms with Crippen molar-refractivity contribution in [3.63, 3.8) is 0 Å². The minimum atomic E-state index is -5.75. The van der Waals surface area contributed by atoms with Crippen molar-refractivity contribution >= 4 is 0 Å². The standard InChI is InChI=1S/3Cr.12O.2Pm/q;;;;;;;;;6*-1;;. The minimum absolute atomic E-state index is 0. The molecule has 0 saturated heterocycles. The Kier molecular flexibility index (Phi) is 26.0. The smallest absolute Gasteiger partial charge is 0 e. The second-order valence-electron chi connectivity index (χ2n) is 1.22. The summed E-state index contributed by atoms with van der Waals surface area (Å²) in [6.07, 6.45) is 0.